The zero-order chi connectivity index (χ0) is 19.8. The van der Waals surface area contributed by atoms with Gasteiger partial charge in [0.15, 0.2) is 0 Å². The Morgan fingerprint density at radius 1 is 1.22 bits per heavy atom. The van der Waals surface area contributed by atoms with Crippen molar-refractivity contribution in [3.8, 4) is 0 Å². The Bertz CT molecular complexity index is 814. The molecule has 1 saturated heterocycles. The molecule has 0 spiro atoms. The Labute approximate surface area is 162 Å². The minimum absolute atomic E-state index is 0.0346. The first-order chi connectivity index (χ1) is 12.7. The maximum atomic E-state index is 12.7. The number of amides is 1. The molecule has 0 aliphatic carbocycles. The van der Waals surface area contributed by atoms with Crippen molar-refractivity contribution in [3.05, 3.63) is 46.8 Å². The first-order valence-corrected chi connectivity index (χ1v) is 9.81. The molecule has 1 aromatic carbocycles. The Morgan fingerprint density at radius 3 is 2.44 bits per heavy atom. The second-order valence-electron chi connectivity index (χ2n) is 8.72. The van der Waals surface area contributed by atoms with Crippen LogP contribution in [0, 0.1) is 13.8 Å². The van der Waals surface area contributed by atoms with E-state index in [1.54, 1.807) is 4.68 Å². The summed E-state index contributed by atoms with van der Waals surface area (Å²) in [6.45, 7) is 12.0. The molecule has 1 aromatic heterocycles. The number of carbonyl (C=O) groups excluding carboxylic acids is 1. The molecule has 1 unspecified atom stereocenters. The Morgan fingerprint density at radius 2 is 1.89 bits per heavy atom. The monoisotopic (exact) mass is 368 g/mol. The fraction of sp³-hybridized carbons (Fsp3) is 0.545. The normalized spacial score (nSPS) is 18.1. The molecule has 5 nitrogen and oxygen atoms in total. The number of anilines is 1. The minimum Gasteiger partial charge on any atom is -0.322 e. The number of hydrogen-bond acceptors (Lipinski definition) is 3. The van der Waals surface area contributed by atoms with Crippen LogP contribution < -0.4 is 5.32 Å². The van der Waals surface area contributed by atoms with Gasteiger partial charge >= 0.3 is 0 Å². The van der Waals surface area contributed by atoms with E-state index in [1.165, 1.54) is 11.1 Å². The van der Waals surface area contributed by atoms with Crippen molar-refractivity contribution in [2.45, 2.75) is 58.9 Å². The molecule has 1 aliphatic rings. The standard InChI is InChI=1S/C22H32N4O/c1-15-21(16(2)25(6)24-15)23-20(27)14-26-13-7-8-19(26)17-9-11-18(12-10-17)22(3,4)5/h9-12,19H,7-8,13-14H2,1-6H3,(H,23,27). The van der Waals surface area contributed by atoms with E-state index >= 15 is 0 Å². The van der Waals surface area contributed by atoms with Gasteiger partial charge in [0, 0.05) is 13.1 Å². The highest BCUT2D eigenvalue weighted by molar-refractivity contribution is 5.93. The summed E-state index contributed by atoms with van der Waals surface area (Å²) in [5.41, 5.74) is 5.49. The molecular formula is C22H32N4O. The van der Waals surface area contributed by atoms with Crippen LogP contribution in [0.2, 0.25) is 0 Å². The van der Waals surface area contributed by atoms with E-state index in [4.69, 9.17) is 0 Å². The van der Waals surface area contributed by atoms with Gasteiger partial charge in [-0.2, -0.15) is 5.10 Å². The van der Waals surface area contributed by atoms with E-state index in [2.05, 4.69) is 60.4 Å². The summed E-state index contributed by atoms with van der Waals surface area (Å²) in [5.74, 6) is 0.0346. The highest BCUT2D eigenvalue weighted by Gasteiger charge is 2.28. The lowest BCUT2D eigenvalue weighted by molar-refractivity contribution is -0.117. The van der Waals surface area contributed by atoms with E-state index in [1.807, 2.05) is 20.9 Å². The van der Waals surface area contributed by atoms with Crippen LogP contribution in [0.25, 0.3) is 0 Å². The third kappa shape index (κ3) is 4.24. The number of aryl methyl sites for hydroxylation is 2. The Kier molecular flexibility index (Phi) is 5.43. The van der Waals surface area contributed by atoms with E-state index < -0.39 is 0 Å². The van der Waals surface area contributed by atoms with Gasteiger partial charge in [0.1, 0.15) is 0 Å². The molecule has 5 heteroatoms. The van der Waals surface area contributed by atoms with Crippen LogP contribution in [0.4, 0.5) is 5.69 Å². The van der Waals surface area contributed by atoms with Crippen molar-refractivity contribution < 1.29 is 4.79 Å². The van der Waals surface area contributed by atoms with Gasteiger partial charge in [0.05, 0.1) is 23.6 Å². The SMILES string of the molecule is Cc1nn(C)c(C)c1NC(=O)CN1CCCC1c1ccc(C(C)(C)C)cc1. The van der Waals surface area contributed by atoms with Crippen molar-refractivity contribution >= 4 is 11.6 Å². The molecular weight excluding hydrogens is 336 g/mol. The molecule has 0 bridgehead atoms. The zero-order valence-corrected chi connectivity index (χ0v) is 17.5. The van der Waals surface area contributed by atoms with Crippen LogP contribution >= 0.6 is 0 Å². The lowest BCUT2D eigenvalue weighted by Crippen LogP contribution is -2.33. The zero-order valence-electron chi connectivity index (χ0n) is 17.5. The summed E-state index contributed by atoms with van der Waals surface area (Å²) in [6, 6.07) is 9.25. The maximum absolute atomic E-state index is 12.7. The third-order valence-corrected chi connectivity index (χ3v) is 5.65. The number of nitrogens with one attached hydrogen (secondary N) is 1. The first kappa shape index (κ1) is 19.6. The van der Waals surface area contributed by atoms with Gasteiger partial charge in [-0.25, -0.2) is 0 Å². The molecule has 3 rings (SSSR count). The number of hydrogen-bond donors (Lipinski definition) is 1. The van der Waals surface area contributed by atoms with Gasteiger partial charge < -0.3 is 5.32 Å². The summed E-state index contributed by atoms with van der Waals surface area (Å²) < 4.78 is 1.81. The summed E-state index contributed by atoms with van der Waals surface area (Å²) in [4.78, 5) is 14.9. The van der Waals surface area contributed by atoms with Crippen LogP contribution in [0.5, 0.6) is 0 Å². The van der Waals surface area contributed by atoms with Crippen LogP contribution in [-0.4, -0.2) is 33.7 Å². The molecule has 1 atom stereocenters. The number of rotatable bonds is 4. The number of likely N-dealkylation sites (tertiary alicyclic amines) is 1. The number of nitrogens with zero attached hydrogens (tertiary/aromatic N) is 3. The maximum Gasteiger partial charge on any atom is 0.238 e. The lowest BCUT2D eigenvalue weighted by atomic mass is 9.86. The van der Waals surface area contributed by atoms with E-state index in [9.17, 15) is 4.79 Å². The quantitative estimate of drug-likeness (QED) is 0.883. The largest absolute Gasteiger partial charge is 0.322 e. The fourth-order valence-corrected chi connectivity index (χ4v) is 3.92. The van der Waals surface area contributed by atoms with Crippen molar-refractivity contribution in [2.75, 3.05) is 18.4 Å². The molecule has 27 heavy (non-hydrogen) atoms. The van der Waals surface area contributed by atoms with Crippen molar-refractivity contribution in [1.82, 2.24) is 14.7 Å². The molecule has 1 aliphatic heterocycles. The minimum atomic E-state index is 0.0346. The number of benzene rings is 1. The smallest absolute Gasteiger partial charge is 0.238 e. The molecule has 1 N–H and O–H groups in total. The van der Waals surface area contributed by atoms with Crippen LogP contribution in [0.15, 0.2) is 24.3 Å². The van der Waals surface area contributed by atoms with E-state index in [0.717, 1.165) is 36.5 Å². The topological polar surface area (TPSA) is 50.2 Å². The van der Waals surface area contributed by atoms with Gasteiger partial charge in [-0.1, -0.05) is 45.0 Å². The first-order valence-electron chi connectivity index (χ1n) is 9.81. The fourth-order valence-electron chi connectivity index (χ4n) is 3.92. The molecule has 2 heterocycles. The summed E-state index contributed by atoms with van der Waals surface area (Å²) in [6.07, 6.45) is 2.23. The average Bonchev–Trinajstić information content (AvgIpc) is 3.14. The summed E-state index contributed by atoms with van der Waals surface area (Å²) in [5, 5.41) is 7.44. The number of aromatic nitrogens is 2. The highest BCUT2D eigenvalue weighted by atomic mass is 16.2. The third-order valence-electron chi connectivity index (χ3n) is 5.65. The summed E-state index contributed by atoms with van der Waals surface area (Å²) >= 11 is 0. The Hall–Kier alpha value is -2.14. The predicted molar refractivity (Wildman–Crippen MR) is 110 cm³/mol. The second-order valence-corrected chi connectivity index (χ2v) is 8.72. The van der Waals surface area contributed by atoms with Crippen LogP contribution in [0.3, 0.4) is 0 Å². The number of carbonyl (C=O) groups is 1. The van der Waals surface area contributed by atoms with Crippen molar-refractivity contribution in [1.29, 1.82) is 0 Å². The molecule has 2 aromatic rings. The second kappa shape index (κ2) is 7.47. The average molecular weight is 369 g/mol. The summed E-state index contributed by atoms with van der Waals surface area (Å²) in [7, 11) is 1.90. The van der Waals surface area contributed by atoms with Crippen molar-refractivity contribution in [2.24, 2.45) is 7.05 Å². The van der Waals surface area contributed by atoms with Gasteiger partial charge in [-0.3, -0.25) is 14.4 Å². The molecule has 1 amide bonds. The molecule has 0 saturated carbocycles. The predicted octanol–water partition coefficient (Wildman–Crippen LogP) is 4.11. The van der Waals surface area contributed by atoms with Crippen LogP contribution in [0.1, 0.15) is 62.2 Å². The molecule has 1 fully saturated rings. The lowest BCUT2D eigenvalue weighted by Gasteiger charge is -2.25. The van der Waals surface area contributed by atoms with Gasteiger partial charge in [0.2, 0.25) is 5.91 Å². The van der Waals surface area contributed by atoms with Gasteiger partial charge in [-0.05, 0) is 49.8 Å². The molecule has 0 radical (unpaired) electrons. The van der Waals surface area contributed by atoms with E-state index in [0.29, 0.717) is 12.6 Å². The highest BCUT2D eigenvalue weighted by Crippen LogP contribution is 2.33. The molecule has 146 valence electrons. The van der Waals surface area contributed by atoms with Gasteiger partial charge in [-0.15, -0.1) is 0 Å². The Balaban J connectivity index is 1.68. The van der Waals surface area contributed by atoms with Crippen LogP contribution in [-0.2, 0) is 17.3 Å². The van der Waals surface area contributed by atoms with Crippen molar-refractivity contribution in [3.63, 3.8) is 0 Å². The van der Waals surface area contributed by atoms with E-state index in [-0.39, 0.29) is 11.3 Å². The van der Waals surface area contributed by atoms with Gasteiger partial charge in [0.25, 0.3) is 0 Å².